The standard InChI is InChI=1S/C23H33N3O2/c1-17-5-6-21(15-20(17)16-24)25-11-7-18(8-12-25)19-9-13-26(14-10-19)22(27)28-23(2,3)4/h5-6,15,18-19H,7-14H2,1-4H3. The maximum Gasteiger partial charge on any atom is 0.410 e. The van der Waals surface area contributed by atoms with E-state index in [1.165, 1.54) is 18.5 Å². The van der Waals surface area contributed by atoms with E-state index < -0.39 is 5.60 Å². The first-order valence-corrected chi connectivity index (χ1v) is 10.5. The average Bonchev–Trinajstić information content (AvgIpc) is 2.67. The van der Waals surface area contributed by atoms with Crippen molar-refractivity contribution >= 4 is 11.8 Å². The lowest BCUT2D eigenvalue weighted by Crippen LogP contribution is -2.44. The van der Waals surface area contributed by atoms with Crippen LogP contribution in [0, 0.1) is 30.1 Å². The van der Waals surface area contributed by atoms with Gasteiger partial charge in [0.2, 0.25) is 0 Å². The molecule has 2 aliphatic heterocycles. The van der Waals surface area contributed by atoms with Crippen molar-refractivity contribution in [3.63, 3.8) is 0 Å². The van der Waals surface area contributed by atoms with Crippen molar-refractivity contribution in [1.82, 2.24) is 4.90 Å². The van der Waals surface area contributed by atoms with Crippen LogP contribution in [-0.4, -0.2) is 42.8 Å². The predicted molar refractivity (Wildman–Crippen MR) is 111 cm³/mol. The molecule has 1 aromatic carbocycles. The second kappa shape index (κ2) is 8.43. The molecule has 3 rings (SSSR count). The third kappa shape index (κ3) is 4.98. The first kappa shape index (κ1) is 20.5. The van der Waals surface area contributed by atoms with Crippen LogP contribution >= 0.6 is 0 Å². The van der Waals surface area contributed by atoms with Gasteiger partial charge in [-0.05, 0) is 82.9 Å². The molecule has 28 heavy (non-hydrogen) atoms. The lowest BCUT2D eigenvalue weighted by Gasteiger charge is -2.41. The zero-order valence-electron chi connectivity index (χ0n) is 17.7. The summed E-state index contributed by atoms with van der Waals surface area (Å²) in [4.78, 5) is 16.5. The molecular formula is C23H33N3O2. The van der Waals surface area contributed by atoms with Crippen molar-refractivity contribution in [2.75, 3.05) is 31.1 Å². The summed E-state index contributed by atoms with van der Waals surface area (Å²) in [6, 6.07) is 8.50. The van der Waals surface area contributed by atoms with Crippen LogP contribution in [0.4, 0.5) is 10.5 Å². The Morgan fingerprint density at radius 1 is 1.07 bits per heavy atom. The summed E-state index contributed by atoms with van der Waals surface area (Å²) < 4.78 is 5.51. The summed E-state index contributed by atoms with van der Waals surface area (Å²) in [5.74, 6) is 1.44. The van der Waals surface area contributed by atoms with Crippen molar-refractivity contribution in [2.45, 2.75) is 59.0 Å². The van der Waals surface area contributed by atoms with Gasteiger partial charge in [-0.25, -0.2) is 4.79 Å². The number of hydrogen-bond donors (Lipinski definition) is 0. The van der Waals surface area contributed by atoms with Gasteiger partial charge in [-0.3, -0.25) is 0 Å². The maximum atomic E-state index is 12.2. The second-order valence-electron chi connectivity index (χ2n) is 9.24. The highest BCUT2D eigenvalue weighted by Gasteiger charge is 2.32. The summed E-state index contributed by atoms with van der Waals surface area (Å²) >= 11 is 0. The van der Waals surface area contributed by atoms with E-state index in [1.54, 1.807) is 0 Å². The Morgan fingerprint density at radius 2 is 1.64 bits per heavy atom. The number of benzene rings is 1. The number of anilines is 1. The molecule has 1 aromatic rings. The molecule has 0 unspecified atom stereocenters. The van der Waals surface area contributed by atoms with Gasteiger partial charge in [-0.1, -0.05) is 6.07 Å². The van der Waals surface area contributed by atoms with Crippen molar-refractivity contribution in [3.05, 3.63) is 29.3 Å². The van der Waals surface area contributed by atoms with Crippen LogP contribution in [0.3, 0.4) is 0 Å². The van der Waals surface area contributed by atoms with E-state index in [9.17, 15) is 10.1 Å². The number of aryl methyl sites for hydroxylation is 1. The molecule has 5 heteroatoms. The molecule has 2 heterocycles. The molecule has 2 aliphatic rings. The highest BCUT2D eigenvalue weighted by Crippen LogP contribution is 2.34. The Morgan fingerprint density at radius 3 is 2.18 bits per heavy atom. The molecule has 0 saturated carbocycles. The minimum Gasteiger partial charge on any atom is -0.444 e. The van der Waals surface area contributed by atoms with Gasteiger partial charge >= 0.3 is 6.09 Å². The van der Waals surface area contributed by atoms with Crippen molar-refractivity contribution in [3.8, 4) is 6.07 Å². The predicted octanol–water partition coefficient (Wildman–Crippen LogP) is 4.73. The molecule has 0 N–H and O–H groups in total. The van der Waals surface area contributed by atoms with Crippen LogP contribution in [0.15, 0.2) is 18.2 Å². The fourth-order valence-electron chi connectivity index (χ4n) is 4.44. The van der Waals surface area contributed by atoms with E-state index in [1.807, 2.05) is 44.7 Å². The third-order valence-corrected chi connectivity index (χ3v) is 6.10. The van der Waals surface area contributed by atoms with Gasteiger partial charge in [0.15, 0.2) is 0 Å². The van der Waals surface area contributed by atoms with E-state index in [2.05, 4.69) is 17.0 Å². The molecule has 5 nitrogen and oxygen atoms in total. The highest BCUT2D eigenvalue weighted by molar-refractivity contribution is 5.68. The minimum absolute atomic E-state index is 0.173. The number of amides is 1. The van der Waals surface area contributed by atoms with Crippen LogP contribution < -0.4 is 4.90 Å². The number of carbonyl (C=O) groups excluding carboxylic acids is 1. The zero-order chi connectivity index (χ0) is 20.3. The Balaban J connectivity index is 1.49. The summed E-state index contributed by atoms with van der Waals surface area (Å²) in [5.41, 5.74) is 2.55. The van der Waals surface area contributed by atoms with E-state index in [-0.39, 0.29) is 6.09 Å². The van der Waals surface area contributed by atoms with Gasteiger partial charge in [0.1, 0.15) is 5.60 Å². The Bertz CT molecular complexity index is 731. The van der Waals surface area contributed by atoms with Crippen LogP contribution in [0.5, 0.6) is 0 Å². The lowest BCUT2D eigenvalue weighted by atomic mass is 9.79. The van der Waals surface area contributed by atoms with Crippen molar-refractivity contribution in [1.29, 1.82) is 5.26 Å². The molecule has 152 valence electrons. The highest BCUT2D eigenvalue weighted by atomic mass is 16.6. The molecule has 1 amide bonds. The Kier molecular flexibility index (Phi) is 6.17. The van der Waals surface area contributed by atoms with Crippen molar-refractivity contribution < 1.29 is 9.53 Å². The smallest absolute Gasteiger partial charge is 0.410 e. The van der Waals surface area contributed by atoms with Crippen LogP contribution in [0.1, 0.15) is 57.6 Å². The molecule has 0 aliphatic carbocycles. The summed E-state index contributed by atoms with van der Waals surface area (Å²) in [6.45, 7) is 11.4. The fraction of sp³-hybridized carbons (Fsp3) is 0.652. The van der Waals surface area contributed by atoms with Gasteiger partial charge in [0.25, 0.3) is 0 Å². The summed E-state index contributed by atoms with van der Waals surface area (Å²) in [7, 11) is 0. The Labute approximate surface area is 169 Å². The number of ether oxygens (including phenoxy) is 1. The molecule has 0 radical (unpaired) electrons. The SMILES string of the molecule is Cc1ccc(N2CCC(C3CCN(C(=O)OC(C)(C)C)CC3)CC2)cc1C#N. The fourth-order valence-corrected chi connectivity index (χ4v) is 4.44. The molecular weight excluding hydrogens is 350 g/mol. The zero-order valence-corrected chi connectivity index (χ0v) is 17.7. The largest absolute Gasteiger partial charge is 0.444 e. The van der Waals surface area contributed by atoms with Crippen molar-refractivity contribution in [2.24, 2.45) is 11.8 Å². The summed E-state index contributed by atoms with van der Waals surface area (Å²) in [5, 5.41) is 9.27. The quantitative estimate of drug-likeness (QED) is 0.741. The average molecular weight is 384 g/mol. The van der Waals surface area contributed by atoms with Gasteiger partial charge in [0, 0.05) is 31.9 Å². The van der Waals surface area contributed by atoms with Crippen LogP contribution in [-0.2, 0) is 4.74 Å². The number of nitrogens with zero attached hydrogens (tertiary/aromatic N) is 3. The number of nitriles is 1. The molecule has 2 saturated heterocycles. The monoisotopic (exact) mass is 383 g/mol. The number of hydrogen-bond acceptors (Lipinski definition) is 4. The second-order valence-corrected chi connectivity index (χ2v) is 9.24. The Hall–Kier alpha value is -2.22. The minimum atomic E-state index is -0.428. The molecule has 0 atom stereocenters. The molecule has 0 aromatic heterocycles. The normalized spacial score (nSPS) is 19.4. The van der Waals surface area contributed by atoms with Gasteiger partial charge in [-0.2, -0.15) is 5.26 Å². The number of carbonyl (C=O) groups is 1. The summed E-state index contributed by atoms with van der Waals surface area (Å²) in [6.07, 6.45) is 4.35. The van der Waals surface area contributed by atoms with E-state index in [0.29, 0.717) is 5.92 Å². The third-order valence-electron chi connectivity index (χ3n) is 6.10. The van der Waals surface area contributed by atoms with Gasteiger partial charge in [-0.15, -0.1) is 0 Å². The van der Waals surface area contributed by atoms with E-state index >= 15 is 0 Å². The first-order chi connectivity index (χ1) is 13.3. The van der Waals surface area contributed by atoms with Crippen LogP contribution in [0.25, 0.3) is 0 Å². The maximum absolute atomic E-state index is 12.2. The van der Waals surface area contributed by atoms with Crippen LogP contribution in [0.2, 0.25) is 0 Å². The first-order valence-electron chi connectivity index (χ1n) is 10.5. The number of piperidine rings is 2. The van der Waals surface area contributed by atoms with E-state index in [0.717, 1.165) is 56.1 Å². The molecule has 2 fully saturated rings. The lowest BCUT2D eigenvalue weighted by molar-refractivity contribution is 0.0152. The van der Waals surface area contributed by atoms with E-state index in [4.69, 9.17) is 4.74 Å². The molecule has 0 spiro atoms. The number of rotatable bonds is 2. The topological polar surface area (TPSA) is 56.6 Å². The van der Waals surface area contributed by atoms with Gasteiger partial charge < -0.3 is 14.5 Å². The number of likely N-dealkylation sites (tertiary alicyclic amines) is 1. The molecule has 0 bridgehead atoms. The van der Waals surface area contributed by atoms with Gasteiger partial charge in [0.05, 0.1) is 11.6 Å².